The van der Waals surface area contributed by atoms with Crippen LogP contribution >= 0.6 is 15.9 Å². The van der Waals surface area contributed by atoms with Gasteiger partial charge in [0.15, 0.2) is 0 Å². The number of hydrogen-bond donors (Lipinski definition) is 1. The van der Waals surface area contributed by atoms with E-state index in [9.17, 15) is 4.39 Å². The second-order valence-electron chi connectivity index (χ2n) is 4.94. The molecule has 0 amide bonds. The van der Waals surface area contributed by atoms with Crippen LogP contribution in [0.3, 0.4) is 0 Å². The van der Waals surface area contributed by atoms with Gasteiger partial charge in [-0.25, -0.2) is 4.39 Å². The maximum Gasteiger partial charge on any atom is 0.123 e. The Bertz CT molecular complexity index is 583. The molecule has 1 unspecified atom stereocenters. The van der Waals surface area contributed by atoms with Crippen molar-refractivity contribution in [3.63, 3.8) is 0 Å². The van der Waals surface area contributed by atoms with E-state index in [1.165, 1.54) is 17.2 Å². The minimum absolute atomic E-state index is 0.0266. The molecule has 0 radical (unpaired) electrons. The first-order chi connectivity index (χ1) is 9.61. The quantitative estimate of drug-likeness (QED) is 0.811. The summed E-state index contributed by atoms with van der Waals surface area (Å²) in [6, 6.07) is 13.1. The zero-order valence-corrected chi connectivity index (χ0v) is 13.4. The predicted molar refractivity (Wildman–Crippen MR) is 85.4 cm³/mol. The van der Waals surface area contributed by atoms with Gasteiger partial charge in [0, 0.05) is 4.47 Å². The first kappa shape index (κ1) is 15.2. The van der Waals surface area contributed by atoms with Gasteiger partial charge in [0.2, 0.25) is 0 Å². The highest BCUT2D eigenvalue weighted by Gasteiger charge is 2.16. The monoisotopic (exact) mass is 335 g/mol. The van der Waals surface area contributed by atoms with Crippen LogP contribution in [0.25, 0.3) is 0 Å². The Hall–Kier alpha value is -1.19. The van der Waals surface area contributed by atoms with E-state index >= 15 is 0 Å². The average Bonchev–Trinajstić information content (AvgIpc) is 2.41. The van der Waals surface area contributed by atoms with Gasteiger partial charge in [-0.15, -0.1) is 0 Å². The molecule has 1 atom stereocenters. The highest BCUT2D eigenvalue weighted by Crippen LogP contribution is 2.27. The van der Waals surface area contributed by atoms with Crippen LogP contribution in [0.1, 0.15) is 36.1 Å². The molecule has 106 valence electrons. The maximum atomic E-state index is 13.5. The molecule has 3 heteroatoms. The minimum atomic E-state index is -0.194. The third kappa shape index (κ3) is 3.68. The van der Waals surface area contributed by atoms with Gasteiger partial charge in [0.1, 0.15) is 5.82 Å². The van der Waals surface area contributed by atoms with Crippen molar-refractivity contribution in [2.24, 2.45) is 0 Å². The Morgan fingerprint density at radius 3 is 2.65 bits per heavy atom. The van der Waals surface area contributed by atoms with Gasteiger partial charge in [-0.05, 0) is 60.8 Å². The fourth-order valence-corrected chi connectivity index (χ4v) is 2.82. The van der Waals surface area contributed by atoms with Crippen molar-refractivity contribution in [3.8, 4) is 0 Å². The van der Waals surface area contributed by atoms with Crippen molar-refractivity contribution in [1.29, 1.82) is 0 Å². The lowest BCUT2D eigenvalue weighted by Crippen LogP contribution is -2.24. The van der Waals surface area contributed by atoms with Crippen LogP contribution in [-0.2, 0) is 0 Å². The molecule has 0 aromatic heterocycles. The van der Waals surface area contributed by atoms with Crippen LogP contribution in [0, 0.1) is 12.7 Å². The van der Waals surface area contributed by atoms with Crippen molar-refractivity contribution in [2.75, 3.05) is 6.54 Å². The van der Waals surface area contributed by atoms with Crippen molar-refractivity contribution in [1.82, 2.24) is 5.32 Å². The lowest BCUT2D eigenvalue weighted by molar-refractivity contribution is 0.584. The minimum Gasteiger partial charge on any atom is -0.306 e. The molecule has 0 aliphatic carbocycles. The van der Waals surface area contributed by atoms with E-state index in [-0.39, 0.29) is 11.9 Å². The molecule has 0 heterocycles. The number of halogens is 2. The molecule has 2 rings (SSSR count). The average molecular weight is 336 g/mol. The summed E-state index contributed by atoms with van der Waals surface area (Å²) < 4.78 is 14.6. The molecule has 0 aliphatic heterocycles. The summed E-state index contributed by atoms with van der Waals surface area (Å²) >= 11 is 3.49. The topological polar surface area (TPSA) is 12.0 Å². The molecular weight excluding hydrogens is 317 g/mol. The Kier molecular flexibility index (Phi) is 5.32. The van der Waals surface area contributed by atoms with Gasteiger partial charge in [-0.2, -0.15) is 0 Å². The van der Waals surface area contributed by atoms with Crippen LogP contribution in [0.2, 0.25) is 0 Å². The third-order valence-corrected chi connectivity index (χ3v) is 3.82. The Morgan fingerprint density at radius 1 is 1.20 bits per heavy atom. The number of hydrogen-bond acceptors (Lipinski definition) is 1. The number of aryl methyl sites for hydroxylation is 1. The fraction of sp³-hybridized carbons (Fsp3) is 0.294. The van der Waals surface area contributed by atoms with E-state index in [1.807, 2.05) is 12.1 Å². The number of rotatable bonds is 5. The second kappa shape index (κ2) is 7.00. The fourth-order valence-electron chi connectivity index (χ4n) is 2.35. The van der Waals surface area contributed by atoms with Crippen LogP contribution in [-0.4, -0.2) is 6.54 Å². The molecule has 1 nitrogen and oxygen atoms in total. The van der Waals surface area contributed by atoms with Gasteiger partial charge in [0.25, 0.3) is 0 Å². The van der Waals surface area contributed by atoms with E-state index in [2.05, 4.69) is 47.2 Å². The second-order valence-corrected chi connectivity index (χ2v) is 5.86. The predicted octanol–water partition coefficient (Wildman–Crippen LogP) is 4.99. The van der Waals surface area contributed by atoms with Gasteiger partial charge in [-0.3, -0.25) is 0 Å². The lowest BCUT2D eigenvalue weighted by Gasteiger charge is -2.22. The Balaban J connectivity index is 2.41. The van der Waals surface area contributed by atoms with Crippen molar-refractivity contribution in [2.45, 2.75) is 26.3 Å². The van der Waals surface area contributed by atoms with Gasteiger partial charge in [0.05, 0.1) is 6.04 Å². The van der Waals surface area contributed by atoms with Crippen molar-refractivity contribution < 1.29 is 4.39 Å². The van der Waals surface area contributed by atoms with Gasteiger partial charge in [-0.1, -0.05) is 41.1 Å². The third-order valence-electron chi connectivity index (χ3n) is 3.32. The van der Waals surface area contributed by atoms with E-state index in [4.69, 9.17) is 0 Å². The summed E-state index contributed by atoms with van der Waals surface area (Å²) in [7, 11) is 0. The highest BCUT2D eigenvalue weighted by atomic mass is 79.9. The molecule has 0 fully saturated rings. The standard InChI is InChI=1S/C17H19BrFN/c1-3-9-20-17(13-5-4-6-15(19)11-13)16-8-7-14(18)10-12(16)2/h4-8,10-11,17,20H,3,9H2,1-2H3. The van der Waals surface area contributed by atoms with E-state index in [1.54, 1.807) is 12.1 Å². The number of nitrogens with one attached hydrogen (secondary N) is 1. The molecule has 0 saturated carbocycles. The first-order valence-electron chi connectivity index (χ1n) is 6.86. The molecule has 2 aromatic rings. The molecule has 20 heavy (non-hydrogen) atoms. The SMILES string of the molecule is CCCNC(c1cccc(F)c1)c1ccc(Br)cc1C. The van der Waals surface area contributed by atoms with Crippen molar-refractivity contribution >= 4 is 15.9 Å². The highest BCUT2D eigenvalue weighted by molar-refractivity contribution is 9.10. The molecule has 0 bridgehead atoms. The molecule has 1 N–H and O–H groups in total. The van der Waals surface area contributed by atoms with E-state index in [0.717, 1.165) is 23.0 Å². The first-order valence-corrected chi connectivity index (χ1v) is 7.66. The summed E-state index contributed by atoms with van der Waals surface area (Å²) in [4.78, 5) is 0. The van der Waals surface area contributed by atoms with Crippen LogP contribution in [0.4, 0.5) is 4.39 Å². The Morgan fingerprint density at radius 2 is 2.00 bits per heavy atom. The Labute approximate surface area is 128 Å². The summed E-state index contributed by atoms with van der Waals surface area (Å²) in [6.07, 6.45) is 1.04. The largest absolute Gasteiger partial charge is 0.306 e. The summed E-state index contributed by atoms with van der Waals surface area (Å²) in [5.74, 6) is -0.194. The number of benzene rings is 2. The maximum absolute atomic E-state index is 13.5. The smallest absolute Gasteiger partial charge is 0.123 e. The van der Waals surface area contributed by atoms with Crippen LogP contribution in [0.15, 0.2) is 46.9 Å². The van der Waals surface area contributed by atoms with E-state index < -0.39 is 0 Å². The summed E-state index contributed by atoms with van der Waals surface area (Å²) in [5, 5.41) is 3.51. The zero-order valence-electron chi connectivity index (χ0n) is 11.8. The van der Waals surface area contributed by atoms with Crippen molar-refractivity contribution in [3.05, 3.63) is 69.4 Å². The normalized spacial score (nSPS) is 12.4. The lowest BCUT2D eigenvalue weighted by atomic mass is 9.95. The van der Waals surface area contributed by atoms with Crippen LogP contribution < -0.4 is 5.32 Å². The van der Waals surface area contributed by atoms with Gasteiger partial charge >= 0.3 is 0 Å². The van der Waals surface area contributed by atoms with Gasteiger partial charge < -0.3 is 5.32 Å². The molecule has 0 saturated heterocycles. The summed E-state index contributed by atoms with van der Waals surface area (Å²) in [6.45, 7) is 5.11. The van der Waals surface area contributed by atoms with E-state index in [0.29, 0.717) is 0 Å². The molecular formula is C17H19BrFN. The molecule has 0 spiro atoms. The molecule has 2 aromatic carbocycles. The van der Waals surface area contributed by atoms with Crippen LogP contribution in [0.5, 0.6) is 0 Å². The molecule has 0 aliphatic rings. The summed E-state index contributed by atoms with van der Waals surface area (Å²) in [5.41, 5.74) is 3.34. The zero-order chi connectivity index (χ0) is 14.5.